The molecule has 4 rings (SSSR count). The molecule has 0 bridgehead atoms. The van der Waals surface area contributed by atoms with Crippen LogP contribution in [0, 0.1) is 0 Å². The Hall–Kier alpha value is -2.91. The molecule has 1 heterocycles. The smallest absolute Gasteiger partial charge is 0.323 e. The lowest BCUT2D eigenvalue weighted by Crippen LogP contribution is -2.53. The Morgan fingerprint density at radius 1 is 0.821 bits per heavy atom. The highest BCUT2D eigenvalue weighted by atomic mass is 16.5. The van der Waals surface area contributed by atoms with Crippen LogP contribution in [0.15, 0.2) is 91.0 Å². The van der Waals surface area contributed by atoms with E-state index in [0.29, 0.717) is 0 Å². The molecule has 3 nitrogen and oxygen atoms in total. The Morgan fingerprint density at radius 3 is 1.64 bits per heavy atom. The Morgan fingerprint density at radius 2 is 1.25 bits per heavy atom. The van der Waals surface area contributed by atoms with Gasteiger partial charge in [-0.25, -0.2) is 0 Å². The third-order valence-corrected chi connectivity index (χ3v) is 5.73. The molecule has 1 fully saturated rings. The van der Waals surface area contributed by atoms with E-state index >= 15 is 0 Å². The van der Waals surface area contributed by atoms with Gasteiger partial charge in [0.25, 0.3) is 0 Å². The number of hydrogen-bond donors (Lipinski definition) is 0. The number of rotatable bonds is 5. The molecule has 1 aliphatic heterocycles. The summed E-state index contributed by atoms with van der Waals surface area (Å²) in [5.41, 5.74) is 2.91. The molecular weight excluding hydrogens is 346 g/mol. The minimum atomic E-state index is -0.556. The largest absolute Gasteiger partial charge is 0.468 e. The van der Waals surface area contributed by atoms with Gasteiger partial charge in [0.05, 0.1) is 12.6 Å². The van der Waals surface area contributed by atoms with Crippen LogP contribution >= 0.6 is 0 Å². The number of carbonyl (C=O) groups is 1. The van der Waals surface area contributed by atoms with Crippen LogP contribution in [0.3, 0.4) is 0 Å². The van der Waals surface area contributed by atoms with Gasteiger partial charge in [-0.1, -0.05) is 91.0 Å². The molecule has 0 aromatic heterocycles. The highest BCUT2D eigenvalue weighted by Gasteiger charge is 2.49. The molecule has 3 aromatic carbocycles. The van der Waals surface area contributed by atoms with Crippen molar-refractivity contribution < 1.29 is 9.53 Å². The molecule has 142 valence electrons. The molecule has 0 aliphatic carbocycles. The van der Waals surface area contributed by atoms with Crippen LogP contribution in [0.25, 0.3) is 0 Å². The van der Waals surface area contributed by atoms with Gasteiger partial charge in [-0.05, 0) is 29.5 Å². The van der Waals surface area contributed by atoms with Crippen molar-refractivity contribution in [1.82, 2.24) is 4.90 Å². The van der Waals surface area contributed by atoms with E-state index in [2.05, 4.69) is 77.7 Å². The fraction of sp³-hybridized carbons (Fsp3) is 0.240. The molecule has 1 saturated heterocycles. The second-order valence-corrected chi connectivity index (χ2v) is 7.18. The van der Waals surface area contributed by atoms with E-state index < -0.39 is 5.54 Å². The summed E-state index contributed by atoms with van der Waals surface area (Å²) in [6.07, 6.45) is 1.77. The molecule has 28 heavy (non-hydrogen) atoms. The molecule has 1 aliphatic rings. The molecule has 0 radical (unpaired) electrons. The Kier molecular flexibility index (Phi) is 5.27. The first-order valence-corrected chi connectivity index (χ1v) is 9.79. The Bertz CT molecular complexity index is 812. The first-order chi connectivity index (χ1) is 13.8. The number of likely N-dealkylation sites (tertiary alicyclic amines) is 1. The lowest BCUT2D eigenvalue weighted by atomic mass is 9.75. The fourth-order valence-electron chi connectivity index (χ4n) is 4.58. The maximum absolute atomic E-state index is 12.7. The maximum Gasteiger partial charge on any atom is 0.323 e. The van der Waals surface area contributed by atoms with Gasteiger partial charge >= 0.3 is 5.97 Å². The molecule has 0 spiro atoms. The number of hydrogen-bond acceptors (Lipinski definition) is 3. The van der Waals surface area contributed by atoms with Gasteiger partial charge < -0.3 is 4.74 Å². The van der Waals surface area contributed by atoms with Crippen LogP contribution in [0.4, 0.5) is 0 Å². The number of ether oxygens (including phenoxy) is 1. The number of nitrogens with zero attached hydrogens (tertiary/aromatic N) is 1. The van der Waals surface area contributed by atoms with E-state index in [1.807, 2.05) is 18.2 Å². The topological polar surface area (TPSA) is 29.5 Å². The van der Waals surface area contributed by atoms with Crippen molar-refractivity contribution in [3.63, 3.8) is 0 Å². The van der Waals surface area contributed by atoms with Crippen molar-refractivity contribution >= 4 is 5.97 Å². The number of carbonyl (C=O) groups excluding carboxylic acids is 1. The molecule has 0 N–H and O–H groups in total. The molecule has 1 atom stereocenters. The zero-order valence-corrected chi connectivity index (χ0v) is 16.1. The van der Waals surface area contributed by atoms with E-state index in [4.69, 9.17) is 4.74 Å². The third-order valence-electron chi connectivity index (χ3n) is 5.73. The maximum atomic E-state index is 12.7. The third kappa shape index (κ3) is 3.02. The quantitative estimate of drug-likeness (QED) is 0.484. The molecule has 0 unspecified atom stereocenters. The highest BCUT2D eigenvalue weighted by Crippen LogP contribution is 2.45. The van der Waals surface area contributed by atoms with Crippen LogP contribution in [0.1, 0.15) is 29.5 Å². The van der Waals surface area contributed by atoms with E-state index in [9.17, 15) is 4.79 Å². The zero-order valence-electron chi connectivity index (χ0n) is 16.1. The van der Waals surface area contributed by atoms with Crippen molar-refractivity contribution in [1.29, 1.82) is 0 Å². The lowest BCUT2D eigenvalue weighted by molar-refractivity contribution is -0.147. The second-order valence-electron chi connectivity index (χ2n) is 7.18. The normalized spacial score (nSPS) is 17.4. The van der Waals surface area contributed by atoms with Crippen molar-refractivity contribution in [3.8, 4) is 0 Å². The van der Waals surface area contributed by atoms with Crippen molar-refractivity contribution in [2.24, 2.45) is 0 Å². The minimum absolute atomic E-state index is 0.162. The van der Waals surface area contributed by atoms with Gasteiger partial charge in [0.1, 0.15) is 6.04 Å². The van der Waals surface area contributed by atoms with Gasteiger partial charge in [-0.2, -0.15) is 0 Å². The van der Waals surface area contributed by atoms with Crippen molar-refractivity contribution in [2.75, 3.05) is 13.7 Å². The average molecular weight is 371 g/mol. The average Bonchev–Trinajstić information content (AvgIpc) is 3.26. The van der Waals surface area contributed by atoms with E-state index in [-0.39, 0.29) is 12.0 Å². The van der Waals surface area contributed by atoms with Crippen molar-refractivity contribution in [3.05, 3.63) is 108 Å². The van der Waals surface area contributed by atoms with Crippen LogP contribution in [0.5, 0.6) is 0 Å². The summed E-state index contributed by atoms with van der Waals surface area (Å²) in [7, 11) is 1.48. The van der Waals surface area contributed by atoms with Crippen LogP contribution in [0.2, 0.25) is 0 Å². The molecule has 0 amide bonds. The zero-order chi connectivity index (χ0) is 19.4. The van der Waals surface area contributed by atoms with Crippen molar-refractivity contribution in [2.45, 2.75) is 24.4 Å². The minimum Gasteiger partial charge on any atom is -0.468 e. The summed E-state index contributed by atoms with van der Waals surface area (Å²) in [6, 6.07) is 31.2. The standard InChI is InChI=1S/C25H25NO2/c1-28-24(27)23-18-11-19-26(23)25(20-12-5-2-6-13-20,21-14-7-3-8-15-21)22-16-9-4-10-17-22/h2-10,12-17,23H,11,18-19H2,1H3/t23-/m0/s1. The summed E-state index contributed by atoms with van der Waals surface area (Å²) in [5, 5.41) is 0. The van der Waals surface area contributed by atoms with Crippen LogP contribution in [-0.2, 0) is 15.1 Å². The van der Waals surface area contributed by atoms with E-state index in [1.165, 1.54) is 7.11 Å². The number of benzene rings is 3. The summed E-state index contributed by atoms with van der Waals surface area (Å²) < 4.78 is 5.19. The molecule has 0 saturated carbocycles. The summed E-state index contributed by atoms with van der Waals surface area (Å²) >= 11 is 0. The first-order valence-electron chi connectivity index (χ1n) is 9.79. The highest BCUT2D eigenvalue weighted by molar-refractivity contribution is 5.76. The van der Waals surface area contributed by atoms with Gasteiger partial charge in [0, 0.05) is 6.54 Å². The van der Waals surface area contributed by atoms with Gasteiger partial charge in [0.15, 0.2) is 0 Å². The lowest BCUT2D eigenvalue weighted by Gasteiger charge is -2.45. The first kappa shape index (κ1) is 18.5. The monoisotopic (exact) mass is 371 g/mol. The van der Waals surface area contributed by atoms with E-state index in [1.54, 1.807) is 0 Å². The Balaban J connectivity index is 2.03. The summed E-state index contributed by atoms with van der Waals surface area (Å²) in [5.74, 6) is -0.162. The van der Waals surface area contributed by atoms with Gasteiger partial charge in [-0.3, -0.25) is 9.69 Å². The predicted octanol–water partition coefficient (Wildman–Crippen LogP) is 4.62. The predicted molar refractivity (Wildman–Crippen MR) is 111 cm³/mol. The fourth-order valence-corrected chi connectivity index (χ4v) is 4.58. The molecule has 3 aromatic rings. The van der Waals surface area contributed by atoms with Crippen LogP contribution in [-0.4, -0.2) is 30.6 Å². The van der Waals surface area contributed by atoms with Gasteiger partial charge in [-0.15, -0.1) is 0 Å². The molecular formula is C25H25NO2. The number of methoxy groups -OCH3 is 1. The summed E-state index contributed by atoms with van der Waals surface area (Å²) in [4.78, 5) is 15.0. The van der Waals surface area contributed by atoms with Gasteiger partial charge in [0.2, 0.25) is 0 Å². The Labute approximate surface area is 166 Å². The van der Waals surface area contributed by atoms with Crippen LogP contribution < -0.4 is 0 Å². The molecule has 3 heteroatoms. The SMILES string of the molecule is COC(=O)[C@@H]1CCCN1C(c1ccccc1)(c1ccccc1)c1ccccc1. The van der Waals surface area contributed by atoms with E-state index in [0.717, 1.165) is 36.1 Å². The number of esters is 1. The second kappa shape index (κ2) is 7.99. The summed E-state index contributed by atoms with van der Waals surface area (Å²) in [6.45, 7) is 0.832.